The lowest BCUT2D eigenvalue weighted by Gasteiger charge is -2.06. The van der Waals surface area contributed by atoms with Crippen LogP contribution in [-0.2, 0) is 6.54 Å². The molecule has 9 heteroatoms. The molecule has 1 aromatic carbocycles. The Hall–Kier alpha value is -3.75. The van der Waals surface area contributed by atoms with Gasteiger partial charge in [-0.15, -0.1) is 5.10 Å². The van der Waals surface area contributed by atoms with Crippen molar-refractivity contribution in [3.05, 3.63) is 77.0 Å². The van der Waals surface area contributed by atoms with Crippen LogP contribution in [0.3, 0.4) is 0 Å². The highest BCUT2D eigenvalue weighted by Crippen LogP contribution is 2.09. The summed E-state index contributed by atoms with van der Waals surface area (Å²) in [4.78, 5) is 40.6. The van der Waals surface area contributed by atoms with Crippen LogP contribution in [0, 0.1) is 0 Å². The number of hydrogen-bond donors (Lipinski definition) is 1. The monoisotopic (exact) mass is 336 g/mol. The van der Waals surface area contributed by atoms with Crippen molar-refractivity contribution in [2.24, 2.45) is 0 Å². The van der Waals surface area contributed by atoms with Gasteiger partial charge in [0.05, 0.1) is 24.4 Å². The summed E-state index contributed by atoms with van der Waals surface area (Å²) in [6.07, 6.45) is 7.75. The molecule has 0 saturated carbocycles. The molecule has 0 amide bonds. The van der Waals surface area contributed by atoms with Crippen molar-refractivity contribution in [3.63, 3.8) is 0 Å². The predicted octanol–water partition coefficient (Wildman–Crippen LogP) is 0.633. The number of aromatic nitrogens is 6. The third-order valence-electron chi connectivity index (χ3n) is 3.60. The summed E-state index contributed by atoms with van der Waals surface area (Å²) in [6, 6.07) is 7.05. The molecular formula is C16H12N6O3. The summed E-state index contributed by atoms with van der Waals surface area (Å²) in [7, 11) is 0. The van der Waals surface area contributed by atoms with Crippen LogP contribution in [0.5, 0.6) is 0 Å². The normalized spacial score (nSPS) is 10.9. The highest BCUT2D eigenvalue weighted by atomic mass is 16.7. The number of nitrogens with zero attached hydrogens (tertiary/aromatic N) is 5. The summed E-state index contributed by atoms with van der Waals surface area (Å²) in [6.45, 7) is 0.586. The zero-order valence-electron chi connectivity index (χ0n) is 12.9. The summed E-state index contributed by atoms with van der Waals surface area (Å²) in [5.41, 5.74) is 1.11. The van der Waals surface area contributed by atoms with E-state index in [2.05, 4.69) is 20.1 Å². The Balaban J connectivity index is 1.58. The molecule has 4 rings (SSSR count). The number of hydrogen-bond acceptors (Lipinski definition) is 6. The summed E-state index contributed by atoms with van der Waals surface area (Å²) in [5, 5.41) is 4.12. The van der Waals surface area contributed by atoms with Crippen LogP contribution >= 0.6 is 0 Å². The number of aromatic amines is 1. The molecule has 9 nitrogen and oxygen atoms in total. The van der Waals surface area contributed by atoms with Crippen LogP contribution in [0.2, 0.25) is 0 Å². The van der Waals surface area contributed by atoms with E-state index in [4.69, 9.17) is 4.84 Å². The Labute approximate surface area is 140 Å². The van der Waals surface area contributed by atoms with Gasteiger partial charge in [-0.2, -0.15) is 0 Å². The Kier molecular flexibility index (Phi) is 3.58. The predicted molar refractivity (Wildman–Crippen MR) is 86.8 cm³/mol. The molecule has 0 aliphatic carbocycles. The van der Waals surface area contributed by atoms with Gasteiger partial charge < -0.3 is 14.4 Å². The minimum absolute atomic E-state index is 0.173. The smallest absolute Gasteiger partial charge is 0.333 e. The quantitative estimate of drug-likeness (QED) is 0.586. The summed E-state index contributed by atoms with van der Waals surface area (Å²) >= 11 is 0. The molecule has 0 saturated heterocycles. The van der Waals surface area contributed by atoms with Crippen molar-refractivity contribution in [3.8, 4) is 0 Å². The summed E-state index contributed by atoms with van der Waals surface area (Å²) < 4.78 is 1.89. The maximum atomic E-state index is 12.4. The molecule has 0 fully saturated rings. The van der Waals surface area contributed by atoms with Crippen LogP contribution in [-0.4, -0.2) is 35.4 Å². The maximum Gasteiger partial charge on any atom is 0.365 e. The number of nitrogens with one attached hydrogen (secondary N) is 1. The van der Waals surface area contributed by atoms with Crippen LogP contribution < -0.4 is 10.4 Å². The van der Waals surface area contributed by atoms with Gasteiger partial charge in [0.2, 0.25) is 5.65 Å². The van der Waals surface area contributed by atoms with Crippen molar-refractivity contribution in [2.75, 3.05) is 0 Å². The average Bonchev–Trinajstić information content (AvgIpc) is 3.26. The highest BCUT2D eigenvalue weighted by molar-refractivity contribution is 5.90. The van der Waals surface area contributed by atoms with Crippen molar-refractivity contribution in [2.45, 2.75) is 6.54 Å². The number of benzene rings is 1. The molecular weight excluding hydrogens is 324 g/mol. The van der Waals surface area contributed by atoms with Gasteiger partial charge in [0, 0.05) is 18.9 Å². The molecule has 3 heterocycles. The fraction of sp³-hybridized carbons (Fsp3) is 0.0625. The zero-order chi connectivity index (χ0) is 17.2. The third kappa shape index (κ3) is 2.90. The highest BCUT2D eigenvalue weighted by Gasteiger charge is 2.14. The van der Waals surface area contributed by atoms with Gasteiger partial charge in [0.25, 0.3) is 5.56 Å². The van der Waals surface area contributed by atoms with E-state index in [0.29, 0.717) is 12.1 Å². The standard InChI is InChI=1S/C16H12N6O3/c23-15-13-7-20-22(14(13)18-9-19-15)25-16(24)12-3-1-2-11(6-12)8-21-5-4-17-10-21/h1-7,9-10H,8H2,(H,18,19,23). The first-order valence-corrected chi connectivity index (χ1v) is 7.39. The van der Waals surface area contributed by atoms with E-state index in [1.165, 1.54) is 12.5 Å². The van der Waals surface area contributed by atoms with Crippen molar-refractivity contribution in [1.82, 2.24) is 29.5 Å². The number of H-pyrrole nitrogens is 1. The van der Waals surface area contributed by atoms with E-state index in [-0.39, 0.29) is 16.6 Å². The van der Waals surface area contributed by atoms with E-state index >= 15 is 0 Å². The molecule has 0 aliphatic rings. The van der Waals surface area contributed by atoms with Crippen LogP contribution in [0.25, 0.3) is 11.0 Å². The SMILES string of the molecule is O=C(On1ncc2c(=O)[nH]cnc21)c1cccc(Cn2ccnc2)c1. The molecule has 124 valence electrons. The van der Waals surface area contributed by atoms with Crippen molar-refractivity contribution < 1.29 is 9.63 Å². The van der Waals surface area contributed by atoms with Crippen LogP contribution in [0.15, 0.2) is 60.3 Å². The summed E-state index contributed by atoms with van der Waals surface area (Å²) in [5.74, 6) is -0.598. The molecule has 3 aromatic heterocycles. The van der Waals surface area contributed by atoms with Crippen molar-refractivity contribution >= 4 is 17.0 Å². The molecule has 4 aromatic rings. The topological polar surface area (TPSA) is 108 Å². The van der Waals surface area contributed by atoms with Gasteiger partial charge in [-0.3, -0.25) is 4.79 Å². The maximum absolute atomic E-state index is 12.4. The number of carbonyl (C=O) groups excluding carboxylic acids is 1. The minimum Gasteiger partial charge on any atom is -0.333 e. The largest absolute Gasteiger partial charge is 0.365 e. The van der Waals surface area contributed by atoms with E-state index < -0.39 is 5.97 Å². The average molecular weight is 336 g/mol. The molecule has 0 unspecified atom stereocenters. The van der Waals surface area contributed by atoms with Gasteiger partial charge in [0.15, 0.2) is 0 Å². The van der Waals surface area contributed by atoms with E-state index in [1.54, 1.807) is 30.7 Å². The lowest BCUT2D eigenvalue weighted by atomic mass is 10.1. The number of fused-ring (bicyclic) bond motifs is 1. The number of carbonyl (C=O) groups is 1. The molecule has 0 aliphatic heterocycles. The second kappa shape index (κ2) is 6.04. The molecule has 0 spiro atoms. The Bertz CT molecular complexity index is 1100. The second-order valence-electron chi connectivity index (χ2n) is 5.30. The van der Waals surface area contributed by atoms with Crippen LogP contribution in [0.4, 0.5) is 0 Å². The Morgan fingerprint density at radius 1 is 1.32 bits per heavy atom. The molecule has 0 atom stereocenters. The van der Waals surface area contributed by atoms with Crippen LogP contribution in [0.1, 0.15) is 15.9 Å². The third-order valence-corrected chi connectivity index (χ3v) is 3.60. The van der Waals surface area contributed by atoms with E-state index in [1.807, 2.05) is 16.8 Å². The zero-order valence-corrected chi connectivity index (χ0v) is 12.9. The first kappa shape index (κ1) is 14.8. The fourth-order valence-corrected chi connectivity index (χ4v) is 2.42. The van der Waals surface area contributed by atoms with Gasteiger partial charge in [-0.1, -0.05) is 17.0 Å². The van der Waals surface area contributed by atoms with E-state index in [0.717, 1.165) is 10.4 Å². The minimum atomic E-state index is -0.598. The van der Waals surface area contributed by atoms with Gasteiger partial charge >= 0.3 is 5.97 Å². The second-order valence-corrected chi connectivity index (χ2v) is 5.30. The fourth-order valence-electron chi connectivity index (χ4n) is 2.42. The number of imidazole rings is 1. The molecule has 0 bridgehead atoms. The Morgan fingerprint density at radius 3 is 3.08 bits per heavy atom. The van der Waals surface area contributed by atoms with Gasteiger partial charge in [-0.25, -0.2) is 14.8 Å². The molecule has 1 N–H and O–H groups in total. The lowest BCUT2D eigenvalue weighted by Crippen LogP contribution is -2.22. The van der Waals surface area contributed by atoms with Gasteiger partial charge in [-0.05, 0) is 17.7 Å². The number of rotatable bonds is 4. The lowest BCUT2D eigenvalue weighted by molar-refractivity contribution is 0.0416. The van der Waals surface area contributed by atoms with Gasteiger partial charge in [0.1, 0.15) is 5.39 Å². The first-order valence-electron chi connectivity index (χ1n) is 7.39. The Morgan fingerprint density at radius 2 is 2.24 bits per heavy atom. The first-order chi connectivity index (χ1) is 12.2. The van der Waals surface area contributed by atoms with E-state index in [9.17, 15) is 9.59 Å². The molecule has 0 radical (unpaired) electrons. The van der Waals surface area contributed by atoms with Crippen molar-refractivity contribution in [1.29, 1.82) is 0 Å². The molecule has 25 heavy (non-hydrogen) atoms.